The quantitative estimate of drug-likeness (QED) is 0.644. The van der Waals surface area contributed by atoms with Crippen LogP contribution >= 0.6 is 23.8 Å². The van der Waals surface area contributed by atoms with Crippen molar-refractivity contribution in [1.29, 1.82) is 0 Å². The molecule has 1 N–H and O–H groups in total. The molecule has 0 atom stereocenters. The maximum absolute atomic E-state index is 6.13. The summed E-state index contributed by atoms with van der Waals surface area (Å²) in [5.41, 5.74) is 1.00. The number of thiocarbonyl (C=S) groups is 1. The van der Waals surface area contributed by atoms with Gasteiger partial charge in [0.05, 0.1) is 23.5 Å². The van der Waals surface area contributed by atoms with Crippen molar-refractivity contribution in [3.05, 3.63) is 16.9 Å². The number of hydrogen-bond acceptors (Lipinski definition) is 2. The van der Waals surface area contributed by atoms with Gasteiger partial charge in [-0.3, -0.25) is 4.68 Å². The van der Waals surface area contributed by atoms with E-state index in [0.717, 1.165) is 36.7 Å². The minimum absolute atomic E-state index is 0.671. The number of unbranched alkanes of at least 4 members (excludes halogenated alkanes) is 1. The van der Waals surface area contributed by atoms with Crippen molar-refractivity contribution >= 4 is 28.9 Å². The van der Waals surface area contributed by atoms with Gasteiger partial charge in [-0.25, -0.2) is 0 Å². The molecule has 1 aromatic rings. The minimum Gasteiger partial charge on any atom is -0.363 e. The molecule has 0 aliphatic heterocycles. The first kappa shape index (κ1) is 15.2. The predicted molar refractivity (Wildman–Crippen MR) is 79.9 cm³/mol. The maximum atomic E-state index is 6.13. The lowest BCUT2D eigenvalue weighted by molar-refractivity contribution is 0.457. The van der Waals surface area contributed by atoms with E-state index in [4.69, 9.17) is 23.8 Å². The number of rotatable bonds is 6. The fraction of sp³-hybridized carbons (Fsp3) is 0.667. The van der Waals surface area contributed by atoms with Gasteiger partial charge in [0.1, 0.15) is 0 Å². The number of halogens is 1. The van der Waals surface area contributed by atoms with Gasteiger partial charge in [0, 0.05) is 20.1 Å². The molecule has 18 heavy (non-hydrogen) atoms. The van der Waals surface area contributed by atoms with Crippen LogP contribution in [0.3, 0.4) is 0 Å². The maximum Gasteiger partial charge on any atom is 0.169 e. The highest BCUT2D eigenvalue weighted by Crippen LogP contribution is 2.16. The molecule has 0 aliphatic rings. The Bertz CT molecular complexity index is 391. The third kappa shape index (κ3) is 4.14. The number of aromatic nitrogens is 2. The van der Waals surface area contributed by atoms with Crippen molar-refractivity contribution < 1.29 is 0 Å². The Kier molecular flexibility index (Phi) is 6.43. The average molecular weight is 289 g/mol. The van der Waals surface area contributed by atoms with E-state index in [1.165, 1.54) is 0 Å². The molecule has 0 unspecified atom stereocenters. The van der Waals surface area contributed by atoms with Gasteiger partial charge in [-0.05, 0) is 25.6 Å². The Morgan fingerprint density at radius 2 is 2.28 bits per heavy atom. The topological polar surface area (TPSA) is 33.1 Å². The molecule has 0 amide bonds. The van der Waals surface area contributed by atoms with Gasteiger partial charge in [-0.2, -0.15) is 5.10 Å². The van der Waals surface area contributed by atoms with Crippen LogP contribution in [0.4, 0.5) is 0 Å². The summed E-state index contributed by atoms with van der Waals surface area (Å²) >= 11 is 11.5. The summed E-state index contributed by atoms with van der Waals surface area (Å²) in [5, 5.41) is 8.90. The van der Waals surface area contributed by atoms with Gasteiger partial charge in [0.15, 0.2) is 5.11 Å². The highest BCUT2D eigenvalue weighted by molar-refractivity contribution is 7.80. The lowest BCUT2D eigenvalue weighted by atomic mass is 10.3. The van der Waals surface area contributed by atoms with E-state index in [1.807, 2.05) is 23.6 Å². The fourth-order valence-electron chi connectivity index (χ4n) is 1.62. The first-order chi connectivity index (χ1) is 8.60. The molecule has 102 valence electrons. The van der Waals surface area contributed by atoms with E-state index < -0.39 is 0 Å². The van der Waals surface area contributed by atoms with Crippen LogP contribution in [-0.4, -0.2) is 33.4 Å². The lowest BCUT2D eigenvalue weighted by Crippen LogP contribution is -2.37. The molecule has 4 nitrogen and oxygen atoms in total. The van der Waals surface area contributed by atoms with Crippen LogP contribution in [0.2, 0.25) is 5.02 Å². The zero-order valence-corrected chi connectivity index (χ0v) is 12.8. The average Bonchev–Trinajstić information content (AvgIpc) is 2.70. The Labute approximate surface area is 119 Å². The van der Waals surface area contributed by atoms with E-state index in [9.17, 15) is 0 Å². The van der Waals surface area contributed by atoms with Crippen molar-refractivity contribution in [1.82, 2.24) is 20.0 Å². The van der Waals surface area contributed by atoms with Crippen molar-refractivity contribution in [3.63, 3.8) is 0 Å². The largest absolute Gasteiger partial charge is 0.363 e. The molecular weight excluding hydrogens is 268 g/mol. The fourth-order valence-corrected chi connectivity index (χ4v) is 1.99. The summed E-state index contributed by atoms with van der Waals surface area (Å²) < 4.78 is 1.90. The number of nitrogens with one attached hydrogen (secondary N) is 1. The zero-order valence-electron chi connectivity index (χ0n) is 11.2. The predicted octanol–water partition coefficient (Wildman–Crippen LogP) is 2.66. The molecule has 0 spiro atoms. The van der Waals surface area contributed by atoms with Gasteiger partial charge in [0.2, 0.25) is 0 Å². The van der Waals surface area contributed by atoms with Crippen LogP contribution in [0.5, 0.6) is 0 Å². The third-order valence-electron chi connectivity index (χ3n) is 2.74. The van der Waals surface area contributed by atoms with Crippen molar-refractivity contribution in [2.75, 3.05) is 13.6 Å². The SMILES string of the molecule is CCCCNC(=S)N(C)Cc1c(Cl)cnn1CC. The highest BCUT2D eigenvalue weighted by atomic mass is 35.5. The zero-order chi connectivity index (χ0) is 13.5. The highest BCUT2D eigenvalue weighted by Gasteiger charge is 2.12. The Morgan fingerprint density at radius 1 is 1.56 bits per heavy atom. The van der Waals surface area contributed by atoms with Crippen LogP contribution in [0, 0.1) is 0 Å². The van der Waals surface area contributed by atoms with Gasteiger partial charge in [-0.15, -0.1) is 0 Å². The molecule has 0 saturated carbocycles. The van der Waals surface area contributed by atoms with Crippen LogP contribution in [0.25, 0.3) is 0 Å². The summed E-state index contributed by atoms with van der Waals surface area (Å²) in [6, 6.07) is 0. The van der Waals surface area contributed by atoms with Crippen LogP contribution in [0.1, 0.15) is 32.4 Å². The Balaban J connectivity index is 2.55. The van der Waals surface area contributed by atoms with E-state index in [1.54, 1.807) is 6.20 Å². The number of nitrogens with zero attached hydrogens (tertiary/aromatic N) is 3. The molecule has 1 aromatic heterocycles. The van der Waals surface area contributed by atoms with Crippen molar-refractivity contribution in [2.24, 2.45) is 0 Å². The number of hydrogen-bond donors (Lipinski definition) is 1. The van der Waals surface area contributed by atoms with E-state index in [0.29, 0.717) is 11.6 Å². The van der Waals surface area contributed by atoms with Gasteiger partial charge >= 0.3 is 0 Å². The van der Waals surface area contributed by atoms with E-state index in [-0.39, 0.29) is 0 Å². The lowest BCUT2D eigenvalue weighted by Gasteiger charge is -2.21. The molecule has 0 fully saturated rings. The summed E-state index contributed by atoms with van der Waals surface area (Å²) in [6.45, 7) is 6.61. The summed E-state index contributed by atoms with van der Waals surface area (Å²) in [7, 11) is 1.96. The standard InChI is InChI=1S/C12H21ClN4S/c1-4-6-7-14-12(18)16(3)9-11-10(13)8-15-17(11)5-2/h8H,4-7,9H2,1-3H3,(H,14,18). The van der Waals surface area contributed by atoms with Crippen molar-refractivity contribution in [2.45, 2.75) is 39.8 Å². The number of aryl methyl sites for hydroxylation is 1. The Morgan fingerprint density at radius 3 is 2.89 bits per heavy atom. The van der Waals surface area contributed by atoms with Gasteiger partial charge in [0.25, 0.3) is 0 Å². The van der Waals surface area contributed by atoms with Gasteiger partial charge < -0.3 is 10.2 Å². The normalized spacial score (nSPS) is 10.4. The second kappa shape index (κ2) is 7.59. The minimum atomic E-state index is 0.671. The third-order valence-corrected chi connectivity index (χ3v) is 3.51. The molecule has 0 aliphatic carbocycles. The van der Waals surface area contributed by atoms with Crippen LogP contribution in [0.15, 0.2) is 6.20 Å². The molecule has 1 rings (SSSR count). The molecule has 0 bridgehead atoms. The summed E-state index contributed by atoms with van der Waals surface area (Å²) in [5.74, 6) is 0. The first-order valence-corrected chi connectivity index (χ1v) is 7.07. The Hall–Kier alpha value is -0.810. The summed E-state index contributed by atoms with van der Waals surface area (Å²) in [6.07, 6.45) is 3.97. The molecule has 1 heterocycles. The monoisotopic (exact) mass is 288 g/mol. The molecule has 0 aromatic carbocycles. The van der Waals surface area contributed by atoms with E-state index >= 15 is 0 Å². The van der Waals surface area contributed by atoms with Gasteiger partial charge in [-0.1, -0.05) is 24.9 Å². The van der Waals surface area contributed by atoms with E-state index in [2.05, 4.69) is 17.3 Å². The molecule has 0 saturated heterocycles. The second-order valence-corrected chi connectivity index (χ2v) is 4.99. The van der Waals surface area contributed by atoms with Crippen LogP contribution < -0.4 is 5.32 Å². The molecule has 6 heteroatoms. The molecular formula is C12H21ClN4S. The second-order valence-electron chi connectivity index (χ2n) is 4.20. The smallest absolute Gasteiger partial charge is 0.169 e. The van der Waals surface area contributed by atoms with Crippen molar-refractivity contribution in [3.8, 4) is 0 Å². The molecule has 0 radical (unpaired) electrons. The summed E-state index contributed by atoms with van der Waals surface area (Å²) in [4.78, 5) is 1.99. The first-order valence-electron chi connectivity index (χ1n) is 6.29. The van der Waals surface area contributed by atoms with Crippen LogP contribution in [-0.2, 0) is 13.1 Å².